The van der Waals surface area contributed by atoms with Gasteiger partial charge in [0.05, 0.1) is 5.41 Å². The summed E-state index contributed by atoms with van der Waals surface area (Å²) in [7, 11) is 0. The minimum Gasteiger partial charge on any atom is -0.372 e. The molecular formula is C21H27ClN2O3. The van der Waals surface area contributed by atoms with Crippen molar-refractivity contribution in [2.45, 2.75) is 38.6 Å². The average molecular weight is 391 g/mol. The van der Waals surface area contributed by atoms with Crippen molar-refractivity contribution in [3.63, 3.8) is 0 Å². The van der Waals surface area contributed by atoms with E-state index in [0.717, 1.165) is 24.8 Å². The van der Waals surface area contributed by atoms with Gasteiger partial charge in [0.2, 0.25) is 11.8 Å². The Bertz CT molecular complexity index is 696. The van der Waals surface area contributed by atoms with Crippen LogP contribution in [-0.4, -0.2) is 49.1 Å². The van der Waals surface area contributed by atoms with E-state index in [0.29, 0.717) is 31.1 Å². The number of halogens is 1. The Hall–Kier alpha value is -1.85. The van der Waals surface area contributed by atoms with Crippen molar-refractivity contribution in [2.24, 2.45) is 5.41 Å². The van der Waals surface area contributed by atoms with Crippen molar-refractivity contribution in [2.75, 3.05) is 26.3 Å². The van der Waals surface area contributed by atoms with Crippen LogP contribution in [-0.2, 0) is 20.7 Å². The van der Waals surface area contributed by atoms with E-state index in [1.807, 2.05) is 31.2 Å². The standard InChI is InChI=1S/C21H27ClN2O3/c1-2-27-13-19(25)24-14-21(15-24,12-16-8-10-17(22)11-9-16)20(26)23-18-6-4-3-5-7-18/h4,6,8-11,18H,2-3,5,7,12-15H2,1H3,(H,23,26). The number of ether oxygens (including phenoxy) is 1. The van der Waals surface area contributed by atoms with Crippen LogP contribution in [0.1, 0.15) is 31.7 Å². The molecule has 5 nitrogen and oxygen atoms in total. The molecule has 0 radical (unpaired) electrons. The number of nitrogens with one attached hydrogen (secondary N) is 1. The van der Waals surface area contributed by atoms with E-state index < -0.39 is 5.41 Å². The SMILES string of the molecule is CCOCC(=O)N1CC(Cc2ccc(Cl)cc2)(C(=O)NC2C=CCCC2)C1. The third-order valence-electron chi connectivity index (χ3n) is 5.28. The summed E-state index contributed by atoms with van der Waals surface area (Å²) in [5.74, 6) is -0.0385. The number of allylic oxidation sites excluding steroid dienone is 1. The predicted octanol–water partition coefficient (Wildman–Crippen LogP) is 2.97. The quantitative estimate of drug-likeness (QED) is 0.728. The minimum atomic E-state index is -0.596. The number of carbonyl (C=O) groups excluding carboxylic acids is 2. The number of rotatable bonds is 7. The third kappa shape index (κ3) is 4.90. The van der Waals surface area contributed by atoms with Crippen molar-refractivity contribution in [3.8, 4) is 0 Å². The van der Waals surface area contributed by atoms with Crippen LogP contribution in [0.5, 0.6) is 0 Å². The molecule has 0 saturated carbocycles. The molecule has 1 saturated heterocycles. The highest BCUT2D eigenvalue weighted by molar-refractivity contribution is 6.30. The van der Waals surface area contributed by atoms with Crippen molar-refractivity contribution in [3.05, 3.63) is 47.0 Å². The Morgan fingerprint density at radius 2 is 2.04 bits per heavy atom. The lowest BCUT2D eigenvalue weighted by atomic mass is 9.73. The van der Waals surface area contributed by atoms with Gasteiger partial charge in [-0.2, -0.15) is 0 Å². The Balaban J connectivity index is 1.70. The molecule has 27 heavy (non-hydrogen) atoms. The molecule has 0 aromatic heterocycles. The maximum Gasteiger partial charge on any atom is 0.248 e. The second-order valence-corrected chi connectivity index (χ2v) is 7.85. The van der Waals surface area contributed by atoms with Crippen LogP contribution in [0, 0.1) is 5.41 Å². The number of hydrogen-bond donors (Lipinski definition) is 1. The first-order valence-electron chi connectivity index (χ1n) is 9.60. The van der Waals surface area contributed by atoms with Crippen LogP contribution in [0.2, 0.25) is 5.02 Å². The van der Waals surface area contributed by atoms with Gasteiger partial charge in [0.15, 0.2) is 0 Å². The Morgan fingerprint density at radius 3 is 2.67 bits per heavy atom. The summed E-state index contributed by atoms with van der Waals surface area (Å²) in [4.78, 5) is 27.1. The van der Waals surface area contributed by atoms with E-state index in [1.165, 1.54) is 0 Å². The fourth-order valence-corrected chi connectivity index (χ4v) is 3.85. The molecule has 1 aliphatic carbocycles. The molecule has 1 aromatic carbocycles. The van der Waals surface area contributed by atoms with Crippen LogP contribution >= 0.6 is 11.6 Å². The first kappa shape index (κ1) is 19.9. The summed E-state index contributed by atoms with van der Waals surface area (Å²) >= 11 is 5.98. The fraction of sp³-hybridized carbons (Fsp3) is 0.524. The van der Waals surface area contributed by atoms with Crippen LogP contribution in [0.25, 0.3) is 0 Å². The lowest BCUT2D eigenvalue weighted by Gasteiger charge is -2.49. The van der Waals surface area contributed by atoms with Gasteiger partial charge < -0.3 is 15.0 Å². The van der Waals surface area contributed by atoms with E-state index >= 15 is 0 Å². The summed E-state index contributed by atoms with van der Waals surface area (Å²) in [5, 5.41) is 3.85. The van der Waals surface area contributed by atoms with E-state index in [9.17, 15) is 9.59 Å². The van der Waals surface area contributed by atoms with E-state index in [-0.39, 0.29) is 24.5 Å². The van der Waals surface area contributed by atoms with Crippen molar-refractivity contribution in [1.82, 2.24) is 10.2 Å². The molecule has 1 aliphatic heterocycles. The Labute approximate surface area is 165 Å². The monoisotopic (exact) mass is 390 g/mol. The van der Waals surface area contributed by atoms with Crippen molar-refractivity contribution in [1.29, 1.82) is 0 Å². The molecule has 0 spiro atoms. The summed E-state index contributed by atoms with van der Waals surface area (Å²) in [5.41, 5.74) is 0.451. The van der Waals surface area contributed by atoms with Gasteiger partial charge in [-0.25, -0.2) is 0 Å². The number of benzene rings is 1. The lowest BCUT2D eigenvalue weighted by Crippen LogP contribution is -2.66. The zero-order valence-electron chi connectivity index (χ0n) is 15.7. The summed E-state index contributed by atoms with van der Waals surface area (Å²) in [6, 6.07) is 7.65. The van der Waals surface area contributed by atoms with E-state index in [4.69, 9.17) is 16.3 Å². The first-order chi connectivity index (χ1) is 13.0. The highest BCUT2D eigenvalue weighted by Gasteiger charge is 2.51. The molecule has 1 aromatic rings. The van der Waals surface area contributed by atoms with Gasteiger partial charge in [-0.05, 0) is 50.3 Å². The molecule has 6 heteroatoms. The van der Waals surface area contributed by atoms with E-state index in [1.54, 1.807) is 4.90 Å². The average Bonchev–Trinajstić information content (AvgIpc) is 2.64. The zero-order valence-corrected chi connectivity index (χ0v) is 16.5. The minimum absolute atomic E-state index is 0.0226. The van der Waals surface area contributed by atoms with Crippen molar-refractivity contribution < 1.29 is 14.3 Å². The third-order valence-corrected chi connectivity index (χ3v) is 5.53. The number of likely N-dealkylation sites (tertiary alicyclic amines) is 1. The van der Waals surface area contributed by atoms with Crippen LogP contribution in [0.4, 0.5) is 0 Å². The van der Waals surface area contributed by atoms with Gasteiger partial charge in [0.25, 0.3) is 0 Å². The normalized spacial score (nSPS) is 20.8. The molecule has 146 valence electrons. The van der Waals surface area contributed by atoms with Gasteiger partial charge in [-0.3, -0.25) is 9.59 Å². The maximum atomic E-state index is 13.1. The largest absolute Gasteiger partial charge is 0.372 e. The number of hydrogen-bond acceptors (Lipinski definition) is 3. The highest BCUT2D eigenvalue weighted by Crippen LogP contribution is 2.35. The van der Waals surface area contributed by atoms with Crippen molar-refractivity contribution >= 4 is 23.4 Å². The second kappa shape index (κ2) is 8.89. The molecule has 1 N–H and O–H groups in total. The predicted molar refractivity (Wildman–Crippen MR) is 106 cm³/mol. The molecule has 1 atom stereocenters. The van der Waals surface area contributed by atoms with Gasteiger partial charge in [-0.15, -0.1) is 0 Å². The molecule has 1 heterocycles. The smallest absolute Gasteiger partial charge is 0.248 e. The topological polar surface area (TPSA) is 58.6 Å². The molecule has 1 unspecified atom stereocenters. The highest BCUT2D eigenvalue weighted by atomic mass is 35.5. The van der Waals surface area contributed by atoms with Gasteiger partial charge >= 0.3 is 0 Å². The Kier molecular flexibility index (Phi) is 6.55. The number of nitrogens with zero attached hydrogens (tertiary/aromatic N) is 1. The number of carbonyl (C=O) groups is 2. The Morgan fingerprint density at radius 1 is 1.30 bits per heavy atom. The summed E-state index contributed by atoms with van der Waals surface area (Å²) in [6.45, 7) is 3.28. The van der Waals surface area contributed by atoms with Gasteiger partial charge in [0, 0.05) is 30.8 Å². The maximum absolute atomic E-state index is 13.1. The molecule has 3 rings (SSSR count). The lowest BCUT2D eigenvalue weighted by molar-refractivity contribution is -0.156. The molecule has 2 amide bonds. The van der Waals surface area contributed by atoms with Gasteiger partial charge in [0.1, 0.15) is 6.61 Å². The fourth-order valence-electron chi connectivity index (χ4n) is 3.72. The summed E-state index contributed by atoms with van der Waals surface area (Å²) < 4.78 is 5.22. The van der Waals surface area contributed by atoms with Crippen LogP contribution < -0.4 is 5.32 Å². The molecule has 2 aliphatic rings. The number of amides is 2. The molecule has 0 bridgehead atoms. The molecular weight excluding hydrogens is 364 g/mol. The molecule has 1 fully saturated rings. The van der Waals surface area contributed by atoms with Gasteiger partial charge in [-0.1, -0.05) is 35.9 Å². The van der Waals surface area contributed by atoms with E-state index in [2.05, 4.69) is 17.5 Å². The van der Waals surface area contributed by atoms with Crippen LogP contribution in [0.15, 0.2) is 36.4 Å². The van der Waals surface area contributed by atoms with Crippen LogP contribution in [0.3, 0.4) is 0 Å². The summed E-state index contributed by atoms with van der Waals surface area (Å²) in [6.07, 6.45) is 7.91. The first-order valence-corrected chi connectivity index (χ1v) is 9.98. The second-order valence-electron chi connectivity index (χ2n) is 7.41. The zero-order chi connectivity index (χ0) is 19.3.